The molecule has 0 aliphatic heterocycles. The SMILES string of the molecule is CCOc1ccc(-c2nnc3ccc(SCc4cccc([N+](=O)[O-])c4)nn23)cc1. The van der Waals surface area contributed by atoms with Crippen molar-refractivity contribution in [1.82, 2.24) is 19.8 Å². The molecule has 0 saturated heterocycles. The summed E-state index contributed by atoms with van der Waals surface area (Å²) in [5.74, 6) is 2.01. The molecule has 2 aromatic carbocycles. The Labute approximate surface area is 170 Å². The maximum atomic E-state index is 10.9. The molecule has 0 aliphatic carbocycles. The zero-order valence-corrected chi connectivity index (χ0v) is 16.4. The highest BCUT2D eigenvalue weighted by Gasteiger charge is 2.11. The van der Waals surface area contributed by atoms with E-state index < -0.39 is 4.92 Å². The van der Waals surface area contributed by atoms with Crippen LogP contribution in [0.2, 0.25) is 0 Å². The molecule has 0 radical (unpaired) electrons. The summed E-state index contributed by atoms with van der Waals surface area (Å²) in [6, 6.07) is 18.0. The molecule has 0 spiro atoms. The monoisotopic (exact) mass is 407 g/mol. The number of benzene rings is 2. The number of aromatic nitrogens is 4. The van der Waals surface area contributed by atoms with Crippen molar-refractivity contribution in [2.24, 2.45) is 0 Å². The van der Waals surface area contributed by atoms with Gasteiger partial charge in [-0.3, -0.25) is 10.1 Å². The summed E-state index contributed by atoms with van der Waals surface area (Å²) in [7, 11) is 0. The number of rotatable bonds is 7. The molecule has 4 rings (SSSR count). The molecule has 0 bridgehead atoms. The quantitative estimate of drug-likeness (QED) is 0.255. The summed E-state index contributed by atoms with van der Waals surface area (Å²) < 4.78 is 7.18. The minimum absolute atomic E-state index is 0.0862. The van der Waals surface area contributed by atoms with Gasteiger partial charge in [0.2, 0.25) is 0 Å². The number of nitro groups is 1. The average molecular weight is 407 g/mol. The summed E-state index contributed by atoms with van der Waals surface area (Å²) in [6.07, 6.45) is 0. The molecule has 0 unspecified atom stereocenters. The molecule has 9 heteroatoms. The van der Waals surface area contributed by atoms with Crippen LogP contribution in [0.5, 0.6) is 5.75 Å². The molecule has 0 atom stereocenters. The van der Waals surface area contributed by atoms with E-state index in [2.05, 4.69) is 15.3 Å². The van der Waals surface area contributed by atoms with Crippen molar-refractivity contribution >= 4 is 23.1 Å². The van der Waals surface area contributed by atoms with E-state index in [0.29, 0.717) is 23.8 Å². The number of non-ortho nitro benzene ring substituents is 1. The first-order valence-electron chi connectivity index (χ1n) is 8.96. The van der Waals surface area contributed by atoms with Crippen molar-refractivity contribution < 1.29 is 9.66 Å². The average Bonchev–Trinajstić information content (AvgIpc) is 3.16. The molecule has 0 aliphatic rings. The number of hydrogen-bond acceptors (Lipinski definition) is 7. The molecule has 8 nitrogen and oxygen atoms in total. The normalized spacial score (nSPS) is 10.9. The first kappa shape index (κ1) is 18.9. The molecule has 0 N–H and O–H groups in total. The number of nitro benzene ring substituents is 1. The van der Waals surface area contributed by atoms with Gasteiger partial charge in [0.1, 0.15) is 10.8 Å². The van der Waals surface area contributed by atoms with Crippen molar-refractivity contribution in [1.29, 1.82) is 0 Å². The third-order valence-electron chi connectivity index (χ3n) is 4.17. The van der Waals surface area contributed by atoms with Crippen molar-refractivity contribution in [2.45, 2.75) is 17.7 Å². The molecule has 2 heterocycles. The first-order valence-corrected chi connectivity index (χ1v) is 9.94. The first-order chi connectivity index (χ1) is 14.1. The number of thioether (sulfide) groups is 1. The van der Waals surface area contributed by atoms with Gasteiger partial charge in [0.15, 0.2) is 11.5 Å². The van der Waals surface area contributed by atoms with E-state index in [1.165, 1.54) is 17.8 Å². The maximum absolute atomic E-state index is 10.9. The van der Waals surface area contributed by atoms with Gasteiger partial charge >= 0.3 is 0 Å². The van der Waals surface area contributed by atoms with Gasteiger partial charge < -0.3 is 4.74 Å². The molecule has 29 heavy (non-hydrogen) atoms. The summed E-state index contributed by atoms with van der Waals surface area (Å²) >= 11 is 1.50. The van der Waals surface area contributed by atoms with Crippen LogP contribution in [0.1, 0.15) is 12.5 Å². The van der Waals surface area contributed by atoms with E-state index in [0.717, 1.165) is 21.9 Å². The van der Waals surface area contributed by atoms with E-state index in [9.17, 15) is 10.1 Å². The highest BCUT2D eigenvalue weighted by molar-refractivity contribution is 7.98. The van der Waals surface area contributed by atoms with Gasteiger partial charge in [-0.1, -0.05) is 23.9 Å². The molecular formula is C20H17N5O3S. The number of hydrogen-bond donors (Lipinski definition) is 0. The summed E-state index contributed by atoms with van der Waals surface area (Å²) in [5.41, 5.74) is 2.48. The van der Waals surface area contributed by atoms with E-state index in [-0.39, 0.29) is 5.69 Å². The molecule has 0 fully saturated rings. The van der Waals surface area contributed by atoms with Gasteiger partial charge in [-0.2, -0.15) is 9.61 Å². The Morgan fingerprint density at radius 1 is 1.10 bits per heavy atom. The van der Waals surface area contributed by atoms with Gasteiger partial charge in [0, 0.05) is 23.4 Å². The predicted molar refractivity (Wildman–Crippen MR) is 110 cm³/mol. The Hall–Kier alpha value is -3.46. The van der Waals surface area contributed by atoms with Crippen molar-refractivity contribution in [3.05, 3.63) is 76.3 Å². The van der Waals surface area contributed by atoms with Crippen LogP contribution in [0.15, 0.2) is 65.7 Å². The Bertz CT molecular complexity index is 1160. The van der Waals surface area contributed by atoms with Crippen LogP contribution in [0.3, 0.4) is 0 Å². The van der Waals surface area contributed by atoms with Crippen molar-refractivity contribution in [3.8, 4) is 17.1 Å². The van der Waals surface area contributed by atoms with Crippen LogP contribution in [0, 0.1) is 10.1 Å². The fourth-order valence-corrected chi connectivity index (χ4v) is 3.61. The number of nitrogens with zero attached hydrogens (tertiary/aromatic N) is 5. The van der Waals surface area contributed by atoms with Gasteiger partial charge in [-0.15, -0.1) is 10.2 Å². The molecular weight excluding hydrogens is 390 g/mol. The third-order valence-corrected chi connectivity index (χ3v) is 5.16. The van der Waals surface area contributed by atoms with Crippen LogP contribution < -0.4 is 4.74 Å². The second-order valence-electron chi connectivity index (χ2n) is 6.14. The van der Waals surface area contributed by atoms with Gasteiger partial charge in [-0.05, 0) is 48.9 Å². The molecule has 4 aromatic rings. The molecule has 0 saturated carbocycles. The van der Waals surface area contributed by atoms with Gasteiger partial charge in [0.25, 0.3) is 5.69 Å². The van der Waals surface area contributed by atoms with E-state index in [1.807, 2.05) is 49.4 Å². The zero-order valence-electron chi connectivity index (χ0n) is 15.6. The second kappa shape index (κ2) is 8.27. The molecule has 0 amide bonds. The molecule has 146 valence electrons. The minimum Gasteiger partial charge on any atom is -0.494 e. The zero-order chi connectivity index (χ0) is 20.2. The lowest BCUT2D eigenvalue weighted by atomic mass is 10.2. The lowest BCUT2D eigenvalue weighted by molar-refractivity contribution is -0.384. The van der Waals surface area contributed by atoms with Crippen LogP contribution in [-0.4, -0.2) is 31.3 Å². The maximum Gasteiger partial charge on any atom is 0.269 e. The van der Waals surface area contributed by atoms with Crippen molar-refractivity contribution in [2.75, 3.05) is 6.61 Å². The number of ether oxygens (including phenoxy) is 1. The van der Waals surface area contributed by atoms with Crippen molar-refractivity contribution in [3.63, 3.8) is 0 Å². The summed E-state index contributed by atoms with van der Waals surface area (Å²) in [6.45, 7) is 2.55. The van der Waals surface area contributed by atoms with Gasteiger partial charge in [0.05, 0.1) is 11.5 Å². The molecule has 2 aromatic heterocycles. The fraction of sp³-hybridized carbons (Fsp3) is 0.150. The Balaban J connectivity index is 1.57. The highest BCUT2D eigenvalue weighted by Crippen LogP contribution is 2.25. The Morgan fingerprint density at radius 2 is 1.93 bits per heavy atom. The highest BCUT2D eigenvalue weighted by atomic mass is 32.2. The Morgan fingerprint density at radius 3 is 2.69 bits per heavy atom. The van der Waals surface area contributed by atoms with E-state index in [4.69, 9.17) is 4.74 Å². The predicted octanol–water partition coefficient (Wildman–Crippen LogP) is 4.39. The van der Waals surface area contributed by atoms with Crippen LogP contribution in [0.4, 0.5) is 5.69 Å². The minimum atomic E-state index is -0.390. The standard InChI is InChI=1S/C20H17N5O3S/c1-2-28-17-8-6-15(7-9-17)20-22-21-18-10-11-19(23-24(18)20)29-13-14-4-3-5-16(12-14)25(26)27/h3-12H,2,13H2,1H3. The summed E-state index contributed by atoms with van der Waals surface area (Å²) in [4.78, 5) is 10.5. The second-order valence-corrected chi connectivity index (χ2v) is 7.13. The fourth-order valence-electron chi connectivity index (χ4n) is 2.81. The van der Waals surface area contributed by atoms with E-state index in [1.54, 1.807) is 16.6 Å². The summed E-state index contributed by atoms with van der Waals surface area (Å²) in [5, 5.41) is 24.8. The smallest absolute Gasteiger partial charge is 0.269 e. The van der Waals surface area contributed by atoms with Gasteiger partial charge in [-0.25, -0.2) is 0 Å². The lowest BCUT2D eigenvalue weighted by Crippen LogP contribution is -1.97. The van der Waals surface area contributed by atoms with Crippen LogP contribution >= 0.6 is 11.8 Å². The number of fused-ring (bicyclic) bond motifs is 1. The lowest BCUT2D eigenvalue weighted by Gasteiger charge is -2.05. The third kappa shape index (κ3) is 4.19. The largest absolute Gasteiger partial charge is 0.494 e. The Kier molecular flexibility index (Phi) is 5.39. The van der Waals surface area contributed by atoms with Crippen LogP contribution in [-0.2, 0) is 5.75 Å². The van der Waals surface area contributed by atoms with Crippen LogP contribution in [0.25, 0.3) is 17.0 Å². The topological polar surface area (TPSA) is 95.5 Å². The van der Waals surface area contributed by atoms with E-state index >= 15 is 0 Å².